The van der Waals surface area contributed by atoms with Crippen molar-refractivity contribution in [2.75, 3.05) is 19.6 Å². The van der Waals surface area contributed by atoms with Crippen molar-refractivity contribution in [3.63, 3.8) is 0 Å². The SMILES string of the molecule is CCNC(=NCc1cc(-c2ccccc2)on1)NCCNC(=O)OC(C)(C)C. The highest BCUT2D eigenvalue weighted by atomic mass is 16.6. The molecule has 0 fully saturated rings. The first-order valence-electron chi connectivity index (χ1n) is 9.37. The average molecular weight is 387 g/mol. The van der Waals surface area contributed by atoms with E-state index in [1.807, 2.05) is 64.1 Å². The van der Waals surface area contributed by atoms with Crippen LogP contribution >= 0.6 is 0 Å². The number of nitrogens with zero attached hydrogens (tertiary/aromatic N) is 2. The number of alkyl carbamates (subject to hydrolysis) is 1. The van der Waals surface area contributed by atoms with Crippen LogP contribution in [0, 0.1) is 0 Å². The van der Waals surface area contributed by atoms with Crippen LogP contribution < -0.4 is 16.0 Å². The Labute approximate surface area is 165 Å². The van der Waals surface area contributed by atoms with Gasteiger partial charge in [0.2, 0.25) is 0 Å². The van der Waals surface area contributed by atoms with Crippen molar-refractivity contribution in [1.29, 1.82) is 0 Å². The third-order valence-electron chi connectivity index (χ3n) is 3.45. The molecule has 152 valence electrons. The summed E-state index contributed by atoms with van der Waals surface area (Å²) in [6, 6.07) is 11.7. The first-order chi connectivity index (χ1) is 13.4. The van der Waals surface area contributed by atoms with Crippen molar-refractivity contribution in [2.45, 2.75) is 39.8 Å². The van der Waals surface area contributed by atoms with Crippen LogP contribution in [0.2, 0.25) is 0 Å². The Bertz CT molecular complexity index is 766. The van der Waals surface area contributed by atoms with Gasteiger partial charge in [-0.15, -0.1) is 0 Å². The van der Waals surface area contributed by atoms with Gasteiger partial charge < -0.3 is 25.2 Å². The standard InChI is InChI=1S/C20H29N5O3/c1-5-21-18(22-11-12-23-19(26)27-20(2,3)4)24-14-16-13-17(28-25-16)15-9-7-6-8-10-15/h6-10,13H,5,11-12,14H2,1-4H3,(H,23,26)(H2,21,22,24). The molecule has 0 radical (unpaired) electrons. The number of hydrogen-bond donors (Lipinski definition) is 3. The number of carbonyl (C=O) groups excluding carboxylic acids is 1. The molecule has 0 aliphatic rings. The summed E-state index contributed by atoms with van der Waals surface area (Å²) < 4.78 is 10.6. The van der Waals surface area contributed by atoms with E-state index in [0.29, 0.717) is 31.4 Å². The summed E-state index contributed by atoms with van der Waals surface area (Å²) in [5, 5.41) is 13.1. The molecule has 0 aliphatic heterocycles. The van der Waals surface area contributed by atoms with Gasteiger partial charge in [-0.05, 0) is 27.7 Å². The Morgan fingerprint density at radius 2 is 1.86 bits per heavy atom. The molecule has 0 spiro atoms. The highest BCUT2D eigenvalue weighted by Crippen LogP contribution is 2.19. The number of amides is 1. The predicted octanol–water partition coefficient (Wildman–Crippen LogP) is 2.92. The van der Waals surface area contributed by atoms with E-state index < -0.39 is 11.7 Å². The maximum atomic E-state index is 11.6. The zero-order valence-corrected chi connectivity index (χ0v) is 16.9. The maximum absolute atomic E-state index is 11.6. The lowest BCUT2D eigenvalue weighted by Gasteiger charge is -2.19. The van der Waals surface area contributed by atoms with Crippen molar-refractivity contribution in [2.24, 2.45) is 4.99 Å². The average Bonchev–Trinajstić information content (AvgIpc) is 3.11. The number of ether oxygens (including phenoxy) is 1. The lowest BCUT2D eigenvalue weighted by atomic mass is 10.2. The topological polar surface area (TPSA) is 101 Å². The molecule has 2 aromatic rings. The van der Waals surface area contributed by atoms with Gasteiger partial charge in [0, 0.05) is 31.3 Å². The fourth-order valence-electron chi connectivity index (χ4n) is 2.29. The quantitative estimate of drug-likeness (QED) is 0.384. The second-order valence-corrected chi connectivity index (χ2v) is 7.10. The second kappa shape index (κ2) is 10.3. The molecule has 1 heterocycles. The Morgan fingerprint density at radius 3 is 2.54 bits per heavy atom. The van der Waals surface area contributed by atoms with Crippen LogP contribution in [0.15, 0.2) is 45.9 Å². The minimum absolute atomic E-state index is 0.380. The summed E-state index contributed by atoms with van der Waals surface area (Å²) in [6.07, 6.45) is -0.438. The van der Waals surface area contributed by atoms with E-state index in [-0.39, 0.29) is 0 Å². The van der Waals surface area contributed by atoms with Crippen LogP contribution in [-0.4, -0.2) is 42.4 Å². The van der Waals surface area contributed by atoms with Gasteiger partial charge in [0.25, 0.3) is 0 Å². The van der Waals surface area contributed by atoms with Crippen LogP contribution in [0.25, 0.3) is 11.3 Å². The summed E-state index contributed by atoms with van der Waals surface area (Å²) in [5.41, 5.74) is 1.20. The van der Waals surface area contributed by atoms with Crippen molar-refractivity contribution in [3.05, 3.63) is 42.1 Å². The van der Waals surface area contributed by atoms with Crippen LogP contribution in [0.1, 0.15) is 33.4 Å². The van der Waals surface area contributed by atoms with Crippen molar-refractivity contribution >= 4 is 12.1 Å². The van der Waals surface area contributed by atoms with Gasteiger partial charge in [0.15, 0.2) is 11.7 Å². The van der Waals surface area contributed by atoms with Crippen LogP contribution in [-0.2, 0) is 11.3 Å². The fraction of sp³-hybridized carbons (Fsp3) is 0.450. The number of guanidine groups is 1. The molecule has 0 bridgehead atoms. The van der Waals surface area contributed by atoms with Gasteiger partial charge in [-0.1, -0.05) is 35.5 Å². The van der Waals surface area contributed by atoms with E-state index in [0.717, 1.165) is 17.8 Å². The van der Waals surface area contributed by atoms with Crippen LogP contribution in [0.5, 0.6) is 0 Å². The molecule has 2 rings (SSSR count). The van der Waals surface area contributed by atoms with E-state index in [2.05, 4.69) is 26.1 Å². The van der Waals surface area contributed by atoms with Crippen molar-refractivity contribution in [1.82, 2.24) is 21.1 Å². The summed E-state index contributed by atoms with van der Waals surface area (Å²) in [4.78, 5) is 16.1. The maximum Gasteiger partial charge on any atom is 0.407 e. The molecule has 8 heteroatoms. The van der Waals surface area contributed by atoms with Crippen molar-refractivity contribution < 1.29 is 14.1 Å². The van der Waals surface area contributed by atoms with Crippen molar-refractivity contribution in [3.8, 4) is 11.3 Å². The van der Waals surface area contributed by atoms with Crippen LogP contribution in [0.3, 0.4) is 0 Å². The molecule has 0 atom stereocenters. The van der Waals surface area contributed by atoms with Gasteiger partial charge in [-0.25, -0.2) is 9.79 Å². The van der Waals surface area contributed by atoms with E-state index in [4.69, 9.17) is 9.26 Å². The molecule has 8 nitrogen and oxygen atoms in total. The molecule has 1 aromatic heterocycles. The number of aliphatic imine (C=N–C) groups is 1. The number of carbonyl (C=O) groups is 1. The largest absolute Gasteiger partial charge is 0.444 e. The van der Waals surface area contributed by atoms with Gasteiger partial charge in [-0.3, -0.25) is 0 Å². The zero-order valence-electron chi connectivity index (χ0n) is 16.9. The van der Waals surface area contributed by atoms with Gasteiger partial charge >= 0.3 is 6.09 Å². The molecule has 28 heavy (non-hydrogen) atoms. The molecule has 3 N–H and O–H groups in total. The van der Waals surface area contributed by atoms with E-state index >= 15 is 0 Å². The Balaban J connectivity index is 1.82. The highest BCUT2D eigenvalue weighted by Gasteiger charge is 2.15. The lowest BCUT2D eigenvalue weighted by molar-refractivity contribution is 0.0529. The Hall–Kier alpha value is -3.03. The molecular weight excluding hydrogens is 358 g/mol. The van der Waals surface area contributed by atoms with E-state index in [1.54, 1.807) is 0 Å². The zero-order chi connectivity index (χ0) is 20.4. The molecule has 1 aromatic carbocycles. The Morgan fingerprint density at radius 1 is 1.14 bits per heavy atom. The number of nitrogens with one attached hydrogen (secondary N) is 3. The fourth-order valence-corrected chi connectivity index (χ4v) is 2.29. The summed E-state index contributed by atoms with van der Waals surface area (Å²) in [6.45, 7) is 9.50. The molecular formula is C20H29N5O3. The summed E-state index contributed by atoms with van der Waals surface area (Å²) in [7, 11) is 0. The Kier molecular flexibility index (Phi) is 7.86. The molecule has 1 amide bonds. The molecule has 0 aliphatic carbocycles. The van der Waals surface area contributed by atoms with Crippen LogP contribution in [0.4, 0.5) is 4.79 Å². The first-order valence-corrected chi connectivity index (χ1v) is 9.37. The first kappa shape index (κ1) is 21.3. The number of rotatable bonds is 7. The highest BCUT2D eigenvalue weighted by molar-refractivity contribution is 5.79. The molecule has 0 saturated heterocycles. The number of aromatic nitrogens is 1. The van der Waals surface area contributed by atoms with Gasteiger partial charge in [0.1, 0.15) is 11.3 Å². The summed E-state index contributed by atoms with van der Waals surface area (Å²) in [5.74, 6) is 1.35. The third-order valence-corrected chi connectivity index (χ3v) is 3.45. The predicted molar refractivity (Wildman–Crippen MR) is 109 cm³/mol. The monoisotopic (exact) mass is 387 g/mol. The van der Waals surface area contributed by atoms with Gasteiger partial charge in [0.05, 0.1) is 6.54 Å². The minimum atomic E-state index is -0.510. The second-order valence-electron chi connectivity index (χ2n) is 7.10. The normalized spacial score (nSPS) is 11.8. The molecule has 0 unspecified atom stereocenters. The number of benzene rings is 1. The lowest BCUT2D eigenvalue weighted by Crippen LogP contribution is -2.42. The smallest absolute Gasteiger partial charge is 0.407 e. The van der Waals surface area contributed by atoms with E-state index in [1.165, 1.54) is 0 Å². The third kappa shape index (κ3) is 7.69. The number of hydrogen-bond acceptors (Lipinski definition) is 5. The summed E-state index contributed by atoms with van der Waals surface area (Å²) >= 11 is 0. The van der Waals surface area contributed by atoms with E-state index in [9.17, 15) is 4.79 Å². The van der Waals surface area contributed by atoms with Gasteiger partial charge in [-0.2, -0.15) is 0 Å². The molecule has 0 saturated carbocycles. The minimum Gasteiger partial charge on any atom is -0.444 e.